The van der Waals surface area contributed by atoms with Crippen LogP contribution in [0.3, 0.4) is 0 Å². The Morgan fingerprint density at radius 3 is 1.77 bits per heavy atom. The van der Waals surface area contributed by atoms with Gasteiger partial charge in [0.25, 0.3) is 0 Å². The van der Waals surface area contributed by atoms with E-state index in [-0.39, 0.29) is 25.2 Å². The molecule has 0 aromatic rings. The van der Waals surface area contributed by atoms with Gasteiger partial charge in [-0.05, 0) is 45.4 Å². The highest BCUT2D eigenvalue weighted by atomic mass is 16.5. The Labute approximate surface area is 240 Å². The first-order valence-corrected chi connectivity index (χ1v) is 14.6. The number of carbonyl (C=O) groups is 1. The molecular formula is C32H52O8. The van der Waals surface area contributed by atoms with Gasteiger partial charge in [-0.3, -0.25) is 4.79 Å². The number of esters is 1. The van der Waals surface area contributed by atoms with Crippen LogP contribution < -0.4 is 0 Å². The smallest absolute Gasteiger partial charge is 0.311 e. The summed E-state index contributed by atoms with van der Waals surface area (Å²) < 4.78 is 5.62. The molecule has 8 heteroatoms. The molecule has 1 aliphatic heterocycles. The van der Waals surface area contributed by atoms with E-state index < -0.39 is 60.5 Å². The lowest BCUT2D eigenvalue weighted by Gasteiger charge is -2.26. The fourth-order valence-electron chi connectivity index (χ4n) is 4.51. The van der Waals surface area contributed by atoms with E-state index in [0.717, 1.165) is 0 Å². The van der Waals surface area contributed by atoms with Gasteiger partial charge < -0.3 is 35.4 Å². The second-order valence-electron chi connectivity index (χ2n) is 11.0. The number of hydrogen-bond acceptors (Lipinski definition) is 8. The van der Waals surface area contributed by atoms with E-state index in [0.29, 0.717) is 25.7 Å². The van der Waals surface area contributed by atoms with Crippen LogP contribution in [0.25, 0.3) is 0 Å². The van der Waals surface area contributed by atoms with Crippen molar-refractivity contribution in [2.75, 3.05) is 0 Å². The summed E-state index contributed by atoms with van der Waals surface area (Å²) in [5.41, 5.74) is 0. The van der Waals surface area contributed by atoms with E-state index >= 15 is 0 Å². The first kappa shape index (κ1) is 36.0. The highest BCUT2D eigenvalue weighted by Crippen LogP contribution is 2.22. The Bertz CT molecular complexity index is 848. The Morgan fingerprint density at radius 2 is 1.20 bits per heavy atom. The lowest BCUT2D eigenvalue weighted by molar-refractivity contribution is -0.159. The number of allylic oxidation sites excluding steroid dienone is 8. The molecule has 10 unspecified atom stereocenters. The normalized spacial score (nSPS) is 41.0. The van der Waals surface area contributed by atoms with Gasteiger partial charge in [-0.2, -0.15) is 0 Å². The maximum Gasteiger partial charge on any atom is 0.311 e. The first-order valence-electron chi connectivity index (χ1n) is 14.6. The molecule has 1 rings (SSSR count). The van der Waals surface area contributed by atoms with Crippen molar-refractivity contribution in [2.24, 2.45) is 17.8 Å². The summed E-state index contributed by atoms with van der Waals surface area (Å²) in [7, 11) is 0. The van der Waals surface area contributed by atoms with Crippen molar-refractivity contribution in [3.05, 3.63) is 60.8 Å². The predicted octanol–water partition coefficient (Wildman–Crippen LogP) is 3.52. The van der Waals surface area contributed by atoms with Gasteiger partial charge in [0.2, 0.25) is 0 Å². The third-order valence-corrected chi connectivity index (χ3v) is 7.54. The molecule has 0 aromatic heterocycles. The predicted molar refractivity (Wildman–Crippen MR) is 157 cm³/mol. The van der Waals surface area contributed by atoms with Crippen LogP contribution in [0.5, 0.6) is 0 Å². The SMILES string of the molecule is CCC1C(=O)OC(C)C(C)\C=C/C=C\C=C/C=C\C=C/C(O)C(C)C(O)CC(O)CC(O)CCCC(O)CC1O. The second kappa shape index (κ2) is 19.9. The van der Waals surface area contributed by atoms with Crippen molar-refractivity contribution in [3.63, 3.8) is 0 Å². The minimum Gasteiger partial charge on any atom is -0.462 e. The molecule has 0 spiro atoms. The number of cyclic esters (lactones) is 1. The monoisotopic (exact) mass is 564 g/mol. The summed E-state index contributed by atoms with van der Waals surface area (Å²) in [6, 6.07) is 0. The van der Waals surface area contributed by atoms with Crippen LogP contribution >= 0.6 is 0 Å². The molecule has 0 aromatic carbocycles. The molecule has 0 saturated heterocycles. The minimum absolute atomic E-state index is 0.0171. The quantitative estimate of drug-likeness (QED) is 0.265. The summed E-state index contributed by atoms with van der Waals surface area (Å²) in [5, 5.41) is 62.5. The molecule has 40 heavy (non-hydrogen) atoms. The van der Waals surface area contributed by atoms with Crippen molar-refractivity contribution in [1.82, 2.24) is 0 Å². The Hall–Kier alpha value is -2.07. The molecule has 228 valence electrons. The minimum atomic E-state index is -1.05. The number of ether oxygens (including phenoxy) is 1. The average molecular weight is 565 g/mol. The molecule has 1 aliphatic rings. The van der Waals surface area contributed by atoms with Gasteiger partial charge in [-0.15, -0.1) is 0 Å². The van der Waals surface area contributed by atoms with Crippen LogP contribution in [-0.2, 0) is 9.53 Å². The fourth-order valence-corrected chi connectivity index (χ4v) is 4.51. The molecule has 8 nitrogen and oxygen atoms in total. The largest absolute Gasteiger partial charge is 0.462 e. The Balaban J connectivity index is 2.94. The maximum absolute atomic E-state index is 12.7. The van der Waals surface area contributed by atoms with Gasteiger partial charge >= 0.3 is 5.97 Å². The van der Waals surface area contributed by atoms with E-state index in [9.17, 15) is 35.4 Å². The van der Waals surface area contributed by atoms with Crippen LogP contribution in [0.1, 0.15) is 72.6 Å². The standard InChI is InChI=1S/C32H52O8/c1-5-28-31(38)20-26(34)17-14-16-25(33)19-27(35)21-30(37)23(3)29(36)18-13-11-9-7-6-8-10-12-15-22(2)24(4)40-32(28)39/h6-13,15,18,22-31,33-38H,5,14,16-17,19-21H2,1-4H3/b7-6-,10-8-,11-9-,15-12-,18-13-. The molecule has 10 atom stereocenters. The highest BCUT2D eigenvalue weighted by Gasteiger charge is 2.30. The van der Waals surface area contributed by atoms with Gasteiger partial charge in [0.05, 0.1) is 42.5 Å². The van der Waals surface area contributed by atoms with Crippen molar-refractivity contribution in [2.45, 2.75) is 115 Å². The summed E-state index contributed by atoms with van der Waals surface area (Å²) >= 11 is 0. The van der Waals surface area contributed by atoms with Crippen molar-refractivity contribution >= 4 is 5.97 Å². The fraction of sp³-hybridized carbons (Fsp3) is 0.656. The summed E-state index contributed by atoms with van der Waals surface area (Å²) in [6.45, 7) is 7.24. The third kappa shape index (κ3) is 14.5. The summed E-state index contributed by atoms with van der Waals surface area (Å²) in [5.74, 6) is -1.80. The zero-order valence-electron chi connectivity index (χ0n) is 24.5. The van der Waals surface area contributed by atoms with Crippen LogP contribution in [0.4, 0.5) is 0 Å². The van der Waals surface area contributed by atoms with Gasteiger partial charge in [-0.25, -0.2) is 0 Å². The maximum atomic E-state index is 12.7. The van der Waals surface area contributed by atoms with Crippen LogP contribution in [0, 0.1) is 17.8 Å². The van der Waals surface area contributed by atoms with Crippen molar-refractivity contribution < 1.29 is 40.2 Å². The van der Waals surface area contributed by atoms with Crippen molar-refractivity contribution in [3.8, 4) is 0 Å². The third-order valence-electron chi connectivity index (χ3n) is 7.54. The summed E-state index contributed by atoms with van der Waals surface area (Å²) in [4.78, 5) is 12.7. The number of hydrogen-bond donors (Lipinski definition) is 6. The molecule has 0 saturated carbocycles. The topological polar surface area (TPSA) is 148 Å². The van der Waals surface area contributed by atoms with Crippen LogP contribution in [0.15, 0.2) is 60.8 Å². The van der Waals surface area contributed by atoms with Gasteiger partial charge in [-0.1, -0.05) is 81.5 Å². The van der Waals surface area contributed by atoms with E-state index in [4.69, 9.17) is 4.74 Å². The van der Waals surface area contributed by atoms with E-state index in [1.165, 1.54) is 0 Å². The molecule has 6 N–H and O–H groups in total. The molecule has 0 radical (unpaired) electrons. The molecule has 0 amide bonds. The number of aliphatic hydroxyl groups is 6. The molecule has 0 bridgehead atoms. The highest BCUT2D eigenvalue weighted by molar-refractivity contribution is 5.73. The molecular weight excluding hydrogens is 512 g/mol. The van der Waals surface area contributed by atoms with Gasteiger partial charge in [0.15, 0.2) is 0 Å². The van der Waals surface area contributed by atoms with Crippen molar-refractivity contribution in [1.29, 1.82) is 0 Å². The van der Waals surface area contributed by atoms with E-state index in [1.54, 1.807) is 38.2 Å². The van der Waals surface area contributed by atoms with Crippen LogP contribution in [-0.4, -0.2) is 79.3 Å². The molecule has 1 heterocycles. The molecule has 0 aliphatic carbocycles. The number of aliphatic hydroxyl groups excluding tert-OH is 6. The van der Waals surface area contributed by atoms with E-state index in [2.05, 4.69) is 0 Å². The number of rotatable bonds is 1. The Morgan fingerprint density at radius 1 is 0.700 bits per heavy atom. The average Bonchev–Trinajstić information content (AvgIpc) is 2.88. The van der Waals surface area contributed by atoms with Gasteiger partial charge in [0.1, 0.15) is 6.10 Å². The zero-order valence-corrected chi connectivity index (χ0v) is 24.5. The lowest BCUT2D eigenvalue weighted by Crippen LogP contribution is -2.35. The molecule has 0 fully saturated rings. The first-order chi connectivity index (χ1) is 19.0. The summed E-state index contributed by atoms with van der Waals surface area (Å²) in [6.07, 6.45) is 13.7. The van der Waals surface area contributed by atoms with E-state index in [1.807, 2.05) is 50.3 Å². The van der Waals surface area contributed by atoms with Crippen LogP contribution in [0.2, 0.25) is 0 Å². The number of carbonyl (C=O) groups excluding carboxylic acids is 1. The second-order valence-corrected chi connectivity index (χ2v) is 11.0. The van der Waals surface area contributed by atoms with Gasteiger partial charge in [0, 0.05) is 18.3 Å². The Kier molecular flexibility index (Phi) is 17.9. The lowest BCUT2D eigenvalue weighted by atomic mass is 9.91. The zero-order chi connectivity index (χ0) is 30.1.